The minimum Gasteiger partial charge on any atom is -0.325 e. The van der Waals surface area contributed by atoms with Gasteiger partial charge in [-0.15, -0.1) is 12.4 Å². The van der Waals surface area contributed by atoms with Crippen molar-refractivity contribution in [2.75, 3.05) is 25.0 Å². The molecule has 0 unspecified atom stereocenters. The topological polar surface area (TPSA) is 32.3 Å². The summed E-state index contributed by atoms with van der Waals surface area (Å²) in [4.78, 5) is 13.8. The lowest BCUT2D eigenvalue weighted by Crippen LogP contribution is -2.32. The lowest BCUT2D eigenvalue weighted by atomic mass is 10.3. The first kappa shape index (κ1) is 16.4. The number of hydrogen-bond donors (Lipinski definition) is 1. The van der Waals surface area contributed by atoms with E-state index in [1.54, 1.807) is 0 Å². The first-order valence-corrected chi connectivity index (χ1v) is 6.22. The first-order valence-electron chi connectivity index (χ1n) is 5.43. The molecule has 1 aromatic carbocycles. The van der Waals surface area contributed by atoms with Crippen LogP contribution in [0.2, 0.25) is 0 Å². The standard InChI is InChI=1S/C12H17BrN2O.ClH/c1-3-15(4-2)9-12(16)14-11-7-5-6-10(13)8-11;/h5-8H,3-4,9H2,1-2H3,(H,14,16);1H. The molecule has 1 N–H and O–H groups in total. The molecule has 0 radical (unpaired) electrons. The fraction of sp³-hybridized carbons (Fsp3) is 0.417. The average Bonchev–Trinajstić information content (AvgIpc) is 2.26. The van der Waals surface area contributed by atoms with Crippen molar-refractivity contribution in [1.82, 2.24) is 4.90 Å². The monoisotopic (exact) mass is 320 g/mol. The van der Waals surface area contributed by atoms with Gasteiger partial charge >= 0.3 is 0 Å². The van der Waals surface area contributed by atoms with Crippen molar-refractivity contribution < 1.29 is 4.79 Å². The molecule has 0 aromatic heterocycles. The van der Waals surface area contributed by atoms with E-state index < -0.39 is 0 Å². The molecule has 17 heavy (non-hydrogen) atoms. The Kier molecular flexibility index (Phi) is 8.21. The van der Waals surface area contributed by atoms with Crippen molar-refractivity contribution in [3.05, 3.63) is 28.7 Å². The van der Waals surface area contributed by atoms with Gasteiger partial charge in [-0.2, -0.15) is 0 Å². The Bertz CT molecular complexity index is 356. The van der Waals surface area contributed by atoms with Gasteiger partial charge in [0.05, 0.1) is 6.54 Å². The minimum absolute atomic E-state index is 0. The van der Waals surface area contributed by atoms with Gasteiger partial charge < -0.3 is 5.32 Å². The number of rotatable bonds is 5. The molecule has 0 aliphatic rings. The van der Waals surface area contributed by atoms with Crippen LogP contribution in [0.1, 0.15) is 13.8 Å². The first-order chi connectivity index (χ1) is 7.65. The molecule has 0 heterocycles. The molecule has 0 aliphatic heterocycles. The van der Waals surface area contributed by atoms with Gasteiger partial charge in [0.1, 0.15) is 0 Å². The maximum absolute atomic E-state index is 11.7. The van der Waals surface area contributed by atoms with Gasteiger partial charge in [-0.3, -0.25) is 9.69 Å². The zero-order valence-electron chi connectivity index (χ0n) is 10.1. The molecular formula is C12H18BrClN2O. The third-order valence-corrected chi connectivity index (χ3v) is 2.86. The summed E-state index contributed by atoms with van der Waals surface area (Å²) in [6.45, 7) is 6.33. The quantitative estimate of drug-likeness (QED) is 0.903. The number of anilines is 1. The Morgan fingerprint density at radius 1 is 1.35 bits per heavy atom. The lowest BCUT2D eigenvalue weighted by molar-refractivity contribution is -0.117. The van der Waals surface area contributed by atoms with Crippen LogP contribution in [0.25, 0.3) is 0 Å². The Balaban J connectivity index is 0.00000256. The van der Waals surface area contributed by atoms with Crippen LogP contribution in [0.5, 0.6) is 0 Å². The van der Waals surface area contributed by atoms with Crippen molar-refractivity contribution in [2.24, 2.45) is 0 Å². The number of carbonyl (C=O) groups excluding carboxylic acids is 1. The highest BCUT2D eigenvalue weighted by Gasteiger charge is 2.07. The van der Waals surface area contributed by atoms with Crippen LogP contribution in [0.15, 0.2) is 28.7 Å². The number of benzene rings is 1. The summed E-state index contributed by atoms with van der Waals surface area (Å²) in [5, 5.41) is 2.87. The molecule has 3 nitrogen and oxygen atoms in total. The lowest BCUT2D eigenvalue weighted by Gasteiger charge is -2.17. The molecule has 0 fully saturated rings. The SMILES string of the molecule is CCN(CC)CC(=O)Nc1cccc(Br)c1.Cl. The number of hydrogen-bond acceptors (Lipinski definition) is 2. The summed E-state index contributed by atoms with van der Waals surface area (Å²) in [5.41, 5.74) is 0.825. The Morgan fingerprint density at radius 3 is 2.53 bits per heavy atom. The van der Waals surface area contributed by atoms with E-state index in [-0.39, 0.29) is 18.3 Å². The zero-order chi connectivity index (χ0) is 12.0. The zero-order valence-corrected chi connectivity index (χ0v) is 12.5. The predicted octanol–water partition coefficient (Wildman–Crippen LogP) is 3.15. The number of nitrogens with one attached hydrogen (secondary N) is 1. The second kappa shape index (κ2) is 8.50. The van der Waals surface area contributed by atoms with Crippen molar-refractivity contribution in [1.29, 1.82) is 0 Å². The van der Waals surface area contributed by atoms with Crippen LogP contribution in [0.3, 0.4) is 0 Å². The van der Waals surface area contributed by atoms with Gasteiger partial charge in [-0.05, 0) is 31.3 Å². The van der Waals surface area contributed by atoms with Gasteiger partial charge in [-0.1, -0.05) is 35.8 Å². The van der Waals surface area contributed by atoms with Gasteiger partial charge in [0.2, 0.25) is 5.91 Å². The van der Waals surface area contributed by atoms with Gasteiger partial charge in [0.25, 0.3) is 0 Å². The molecule has 5 heteroatoms. The molecule has 96 valence electrons. The van der Waals surface area contributed by atoms with Crippen LogP contribution in [0.4, 0.5) is 5.69 Å². The molecule has 0 saturated heterocycles. The summed E-state index contributed by atoms with van der Waals surface area (Å²) in [6.07, 6.45) is 0. The van der Waals surface area contributed by atoms with Gasteiger partial charge in [0, 0.05) is 10.2 Å². The molecular weight excluding hydrogens is 304 g/mol. The molecule has 0 bridgehead atoms. The van der Waals surface area contributed by atoms with Crippen LogP contribution >= 0.6 is 28.3 Å². The van der Waals surface area contributed by atoms with E-state index in [0.29, 0.717) is 6.54 Å². The number of amides is 1. The molecule has 1 rings (SSSR count). The van der Waals surface area contributed by atoms with Crippen molar-refractivity contribution in [2.45, 2.75) is 13.8 Å². The van der Waals surface area contributed by atoms with Crippen LogP contribution < -0.4 is 5.32 Å². The number of likely N-dealkylation sites (N-methyl/N-ethyl adjacent to an activating group) is 1. The van der Waals surface area contributed by atoms with Crippen molar-refractivity contribution in [3.8, 4) is 0 Å². The molecule has 1 amide bonds. The fourth-order valence-electron chi connectivity index (χ4n) is 1.42. The smallest absolute Gasteiger partial charge is 0.238 e. The highest BCUT2D eigenvalue weighted by molar-refractivity contribution is 9.10. The van der Waals surface area contributed by atoms with E-state index in [1.807, 2.05) is 24.3 Å². The predicted molar refractivity (Wildman–Crippen MR) is 77.8 cm³/mol. The molecule has 1 aromatic rings. The molecule has 0 aliphatic carbocycles. The third-order valence-electron chi connectivity index (χ3n) is 2.37. The highest BCUT2D eigenvalue weighted by Crippen LogP contribution is 2.15. The molecule has 0 spiro atoms. The summed E-state index contributed by atoms with van der Waals surface area (Å²) in [6, 6.07) is 7.60. The maximum Gasteiger partial charge on any atom is 0.238 e. The Labute approximate surface area is 117 Å². The largest absolute Gasteiger partial charge is 0.325 e. The normalized spacial score (nSPS) is 9.88. The third kappa shape index (κ3) is 6.05. The second-order valence-corrected chi connectivity index (χ2v) is 4.44. The number of nitrogens with zero attached hydrogens (tertiary/aromatic N) is 1. The summed E-state index contributed by atoms with van der Waals surface area (Å²) in [7, 11) is 0. The Hall–Kier alpha value is -0.580. The highest BCUT2D eigenvalue weighted by atomic mass is 79.9. The summed E-state index contributed by atoms with van der Waals surface area (Å²) in [5.74, 6) is 0.0294. The number of carbonyl (C=O) groups is 1. The minimum atomic E-state index is 0. The average molecular weight is 322 g/mol. The van der Waals surface area contributed by atoms with E-state index in [0.717, 1.165) is 23.2 Å². The van der Waals surface area contributed by atoms with E-state index in [2.05, 4.69) is 40.0 Å². The van der Waals surface area contributed by atoms with Gasteiger partial charge in [0.15, 0.2) is 0 Å². The van der Waals surface area contributed by atoms with Crippen LogP contribution in [-0.4, -0.2) is 30.4 Å². The van der Waals surface area contributed by atoms with E-state index in [9.17, 15) is 4.79 Å². The van der Waals surface area contributed by atoms with Crippen molar-refractivity contribution in [3.63, 3.8) is 0 Å². The maximum atomic E-state index is 11.7. The summed E-state index contributed by atoms with van der Waals surface area (Å²) < 4.78 is 0.966. The van der Waals surface area contributed by atoms with Gasteiger partial charge in [-0.25, -0.2) is 0 Å². The van der Waals surface area contributed by atoms with E-state index in [1.165, 1.54) is 0 Å². The van der Waals surface area contributed by atoms with E-state index in [4.69, 9.17) is 0 Å². The fourth-order valence-corrected chi connectivity index (χ4v) is 1.82. The van der Waals surface area contributed by atoms with Crippen LogP contribution in [0, 0.1) is 0 Å². The Morgan fingerprint density at radius 2 is 2.00 bits per heavy atom. The summed E-state index contributed by atoms with van der Waals surface area (Å²) >= 11 is 3.37. The molecule has 0 saturated carbocycles. The number of halogens is 2. The molecule has 0 atom stereocenters. The van der Waals surface area contributed by atoms with Crippen LogP contribution in [-0.2, 0) is 4.79 Å². The van der Waals surface area contributed by atoms with Crippen molar-refractivity contribution >= 4 is 39.9 Å². The second-order valence-electron chi connectivity index (χ2n) is 3.52. The van der Waals surface area contributed by atoms with E-state index >= 15 is 0 Å².